The molecule has 0 saturated heterocycles. The number of benzene rings is 1. The Labute approximate surface area is 144 Å². The van der Waals surface area contributed by atoms with Gasteiger partial charge in [0.2, 0.25) is 0 Å². The number of rotatable bonds is 8. The third-order valence-corrected chi connectivity index (χ3v) is 4.19. The SMILES string of the molecule is CCCc1ccc(C(=O)COC(=O)CNC(=O)c2cccs2)cc1. The van der Waals surface area contributed by atoms with Gasteiger partial charge in [-0.3, -0.25) is 14.4 Å². The average Bonchev–Trinajstić information content (AvgIpc) is 3.13. The summed E-state index contributed by atoms with van der Waals surface area (Å²) in [5.41, 5.74) is 1.67. The molecule has 0 bridgehead atoms. The van der Waals surface area contributed by atoms with Gasteiger partial charge in [0, 0.05) is 5.56 Å². The minimum absolute atomic E-state index is 0.264. The zero-order chi connectivity index (χ0) is 17.4. The van der Waals surface area contributed by atoms with Crippen LogP contribution < -0.4 is 5.32 Å². The lowest BCUT2D eigenvalue weighted by atomic mass is 10.1. The van der Waals surface area contributed by atoms with Crippen molar-refractivity contribution in [2.75, 3.05) is 13.2 Å². The van der Waals surface area contributed by atoms with E-state index in [-0.39, 0.29) is 24.8 Å². The minimum Gasteiger partial charge on any atom is -0.456 e. The highest BCUT2D eigenvalue weighted by Gasteiger charge is 2.12. The van der Waals surface area contributed by atoms with Crippen LogP contribution in [0.4, 0.5) is 0 Å². The van der Waals surface area contributed by atoms with Crippen LogP contribution in [0, 0.1) is 0 Å². The van der Waals surface area contributed by atoms with Gasteiger partial charge in [-0.25, -0.2) is 0 Å². The van der Waals surface area contributed by atoms with Crippen molar-refractivity contribution in [2.45, 2.75) is 19.8 Å². The van der Waals surface area contributed by atoms with Gasteiger partial charge >= 0.3 is 5.97 Å². The van der Waals surface area contributed by atoms with E-state index >= 15 is 0 Å². The molecule has 6 heteroatoms. The maximum absolute atomic E-state index is 12.0. The van der Waals surface area contributed by atoms with Crippen LogP contribution in [0.15, 0.2) is 41.8 Å². The maximum atomic E-state index is 12.0. The van der Waals surface area contributed by atoms with E-state index in [0.29, 0.717) is 10.4 Å². The summed E-state index contributed by atoms with van der Waals surface area (Å²) in [7, 11) is 0. The molecule has 5 nitrogen and oxygen atoms in total. The molecule has 0 unspecified atom stereocenters. The summed E-state index contributed by atoms with van der Waals surface area (Å²) >= 11 is 1.28. The molecule has 0 fully saturated rings. The van der Waals surface area contributed by atoms with Crippen LogP contribution in [0.3, 0.4) is 0 Å². The zero-order valence-electron chi connectivity index (χ0n) is 13.4. The molecule has 0 aliphatic rings. The van der Waals surface area contributed by atoms with Gasteiger partial charge in [0.15, 0.2) is 12.4 Å². The molecule has 0 spiro atoms. The van der Waals surface area contributed by atoms with Crippen molar-refractivity contribution in [1.29, 1.82) is 0 Å². The highest BCUT2D eigenvalue weighted by Crippen LogP contribution is 2.08. The fourth-order valence-electron chi connectivity index (χ4n) is 2.07. The lowest BCUT2D eigenvalue weighted by molar-refractivity contribution is -0.141. The molecule has 0 saturated carbocycles. The molecule has 2 rings (SSSR count). The molecule has 1 aromatic carbocycles. The Kier molecular flexibility index (Phi) is 6.69. The summed E-state index contributed by atoms with van der Waals surface area (Å²) < 4.78 is 4.90. The van der Waals surface area contributed by atoms with Gasteiger partial charge in [0.25, 0.3) is 5.91 Å². The molecule has 1 aromatic heterocycles. The van der Waals surface area contributed by atoms with E-state index in [1.54, 1.807) is 29.6 Å². The number of thiophene rings is 1. The first kappa shape index (κ1) is 17.9. The van der Waals surface area contributed by atoms with Crippen LogP contribution in [0.25, 0.3) is 0 Å². The fourth-order valence-corrected chi connectivity index (χ4v) is 2.71. The van der Waals surface area contributed by atoms with E-state index < -0.39 is 5.97 Å². The van der Waals surface area contributed by atoms with Crippen molar-refractivity contribution in [3.05, 3.63) is 57.8 Å². The topological polar surface area (TPSA) is 72.5 Å². The first-order chi connectivity index (χ1) is 11.6. The molecule has 0 aliphatic heterocycles. The number of aryl methyl sites for hydroxylation is 1. The van der Waals surface area contributed by atoms with Crippen LogP contribution >= 0.6 is 11.3 Å². The summed E-state index contributed by atoms with van der Waals surface area (Å²) in [5.74, 6) is -1.24. The number of hydrogen-bond acceptors (Lipinski definition) is 5. The molecule has 1 amide bonds. The van der Waals surface area contributed by atoms with Crippen LogP contribution in [-0.4, -0.2) is 30.8 Å². The zero-order valence-corrected chi connectivity index (χ0v) is 14.2. The van der Waals surface area contributed by atoms with Crippen LogP contribution in [-0.2, 0) is 16.0 Å². The number of Topliss-reactive ketones (excluding diaryl/α,β-unsaturated/α-hetero) is 1. The summed E-state index contributed by atoms with van der Waals surface area (Å²) in [6.07, 6.45) is 2.01. The summed E-state index contributed by atoms with van der Waals surface area (Å²) in [6, 6.07) is 10.7. The van der Waals surface area contributed by atoms with E-state index in [1.165, 1.54) is 16.9 Å². The summed E-state index contributed by atoms with van der Waals surface area (Å²) in [4.78, 5) is 35.8. The Bertz CT molecular complexity index is 692. The Morgan fingerprint density at radius 3 is 2.50 bits per heavy atom. The summed E-state index contributed by atoms with van der Waals surface area (Å²) in [5, 5.41) is 4.23. The number of amides is 1. The van der Waals surface area contributed by atoms with Crippen molar-refractivity contribution in [1.82, 2.24) is 5.32 Å². The lowest BCUT2D eigenvalue weighted by Gasteiger charge is -2.06. The Morgan fingerprint density at radius 2 is 1.88 bits per heavy atom. The van der Waals surface area contributed by atoms with Gasteiger partial charge in [-0.15, -0.1) is 11.3 Å². The maximum Gasteiger partial charge on any atom is 0.325 e. The van der Waals surface area contributed by atoms with Crippen molar-refractivity contribution in [3.8, 4) is 0 Å². The molecule has 1 N–H and O–H groups in total. The second-order valence-electron chi connectivity index (χ2n) is 5.19. The van der Waals surface area contributed by atoms with Gasteiger partial charge in [-0.05, 0) is 23.4 Å². The van der Waals surface area contributed by atoms with Crippen molar-refractivity contribution < 1.29 is 19.1 Å². The molecule has 2 aromatic rings. The average molecular weight is 345 g/mol. The normalized spacial score (nSPS) is 10.2. The lowest BCUT2D eigenvalue weighted by Crippen LogP contribution is -2.31. The smallest absolute Gasteiger partial charge is 0.325 e. The molecule has 0 atom stereocenters. The van der Waals surface area contributed by atoms with Crippen LogP contribution in [0.2, 0.25) is 0 Å². The predicted molar refractivity (Wildman–Crippen MR) is 92.4 cm³/mol. The van der Waals surface area contributed by atoms with Gasteiger partial charge in [-0.2, -0.15) is 0 Å². The molecule has 24 heavy (non-hydrogen) atoms. The molecule has 1 heterocycles. The highest BCUT2D eigenvalue weighted by molar-refractivity contribution is 7.12. The highest BCUT2D eigenvalue weighted by atomic mass is 32.1. The quantitative estimate of drug-likeness (QED) is 0.590. The van der Waals surface area contributed by atoms with Crippen LogP contribution in [0.1, 0.15) is 38.9 Å². The third-order valence-electron chi connectivity index (χ3n) is 3.32. The number of carbonyl (C=O) groups is 3. The monoisotopic (exact) mass is 345 g/mol. The number of ketones is 1. The van der Waals surface area contributed by atoms with Gasteiger partial charge in [0.05, 0.1) is 4.88 Å². The molecular weight excluding hydrogens is 326 g/mol. The fraction of sp³-hybridized carbons (Fsp3) is 0.278. The minimum atomic E-state index is -0.643. The summed E-state index contributed by atoms with van der Waals surface area (Å²) in [6.45, 7) is 1.50. The predicted octanol–water partition coefficient (Wildman–Crippen LogP) is 2.86. The number of hydrogen-bond donors (Lipinski definition) is 1. The van der Waals surface area contributed by atoms with Crippen LogP contribution in [0.5, 0.6) is 0 Å². The van der Waals surface area contributed by atoms with Gasteiger partial charge in [0.1, 0.15) is 6.54 Å². The largest absolute Gasteiger partial charge is 0.456 e. The Hall–Kier alpha value is -2.47. The van der Waals surface area contributed by atoms with E-state index in [2.05, 4.69) is 12.2 Å². The Morgan fingerprint density at radius 1 is 1.12 bits per heavy atom. The number of nitrogens with one attached hydrogen (secondary N) is 1. The molecular formula is C18H19NO4S. The first-order valence-electron chi connectivity index (χ1n) is 7.69. The van der Waals surface area contributed by atoms with Gasteiger partial charge < -0.3 is 10.1 Å². The molecule has 0 aliphatic carbocycles. The second kappa shape index (κ2) is 8.98. The molecule has 126 valence electrons. The third kappa shape index (κ3) is 5.31. The van der Waals surface area contributed by atoms with E-state index in [9.17, 15) is 14.4 Å². The molecule has 0 radical (unpaired) electrons. The van der Waals surface area contributed by atoms with Crippen molar-refractivity contribution >= 4 is 29.0 Å². The number of ether oxygens (including phenoxy) is 1. The number of esters is 1. The van der Waals surface area contributed by atoms with Gasteiger partial charge in [-0.1, -0.05) is 43.7 Å². The standard InChI is InChI=1S/C18H19NO4S/c1-2-4-13-6-8-14(9-7-13)15(20)12-23-17(21)11-19-18(22)16-5-3-10-24-16/h3,5-10H,2,4,11-12H2,1H3,(H,19,22). The van der Waals surface area contributed by atoms with Crippen molar-refractivity contribution in [2.24, 2.45) is 0 Å². The number of carbonyl (C=O) groups excluding carboxylic acids is 3. The first-order valence-corrected chi connectivity index (χ1v) is 8.57. The van der Waals surface area contributed by atoms with Crippen molar-refractivity contribution in [3.63, 3.8) is 0 Å². The van der Waals surface area contributed by atoms with E-state index in [1.807, 2.05) is 12.1 Å². The second-order valence-corrected chi connectivity index (χ2v) is 6.14. The van der Waals surface area contributed by atoms with E-state index in [4.69, 9.17) is 4.74 Å². The Balaban J connectivity index is 1.74. The van der Waals surface area contributed by atoms with E-state index in [0.717, 1.165) is 12.8 Å².